The standard InChI is InChI=1S/C17H19F3N2O2/c1-10-4-3-5-12(8-10)15(23)22-16(24,17(18,19)20)13-9-11(2)6-7-14(13)21-22/h3-5,8,11,13,24H,6-7,9H2,1-2H3/t11-,13-,16+/m0/s1. The van der Waals surface area contributed by atoms with Crippen LogP contribution in [-0.4, -0.2) is 33.6 Å². The number of nitrogens with zero attached hydrogens (tertiary/aromatic N) is 2. The zero-order valence-corrected chi connectivity index (χ0v) is 13.5. The number of carbonyl (C=O) groups is 1. The number of fused-ring (bicyclic) bond motifs is 1. The Labute approximate surface area is 138 Å². The first kappa shape index (κ1) is 17.0. The zero-order chi connectivity index (χ0) is 17.7. The average Bonchev–Trinajstić information content (AvgIpc) is 2.80. The molecule has 0 spiro atoms. The highest BCUT2D eigenvalue weighted by Gasteiger charge is 2.68. The van der Waals surface area contributed by atoms with E-state index in [2.05, 4.69) is 5.10 Å². The topological polar surface area (TPSA) is 52.9 Å². The van der Waals surface area contributed by atoms with E-state index in [1.807, 2.05) is 6.92 Å². The zero-order valence-electron chi connectivity index (χ0n) is 13.5. The van der Waals surface area contributed by atoms with Crippen LogP contribution in [0.3, 0.4) is 0 Å². The van der Waals surface area contributed by atoms with Gasteiger partial charge in [-0.1, -0.05) is 24.6 Å². The molecule has 7 heteroatoms. The molecule has 130 valence electrons. The lowest BCUT2D eigenvalue weighted by Gasteiger charge is -2.39. The van der Waals surface area contributed by atoms with Crippen LogP contribution in [0.5, 0.6) is 0 Å². The van der Waals surface area contributed by atoms with Crippen molar-refractivity contribution in [3.05, 3.63) is 35.4 Å². The van der Waals surface area contributed by atoms with Crippen LogP contribution in [0.2, 0.25) is 0 Å². The van der Waals surface area contributed by atoms with Gasteiger partial charge in [-0.3, -0.25) is 4.79 Å². The number of hydrazone groups is 1. The number of aryl methyl sites for hydroxylation is 1. The van der Waals surface area contributed by atoms with Gasteiger partial charge in [-0.05, 0) is 44.2 Å². The number of hydrogen-bond donors (Lipinski definition) is 1. The summed E-state index contributed by atoms with van der Waals surface area (Å²) in [5, 5.41) is 14.7. The third-order valence-corrected chi connectivity index (χ3v) is 4.85. The predicted molar refractivity (Wildman–Crippen MR) is 82.3 cm³/mol. The number of hydrogen-bond acceptors (Lipinski definition) is 3. The minimum absolute atomic E-state index is 0.0387. The fraction of sp³-hybridized carbons (Fsp3) is 0.529. The Morgan fingerprint density at radius 2 is 2.12 bits per heavy atom. The van der Waals surface area contributed by atoms with Gasteiger partial charge in [-0.15, -0.1) is 0 Å². The molecule has 2 aliphatic rings. The normalized spacial score (nSPS) is 30.1. The second-order valence-corrected chi connectivity index (χ2v) is 6.73. The van der Waals surface area contributed by atoms with Gasteiger partial charge in [0, 0.05) is 11.3 Å². The molecule has 1 heterocycles. The summed E-state index contributed by atoms with van der Waals surface area (Å²) in [6.45, 7) is 3.59. The van der Waals surface area contributed by atoms with Crippen molar-refractivity contribution in [1.29, 1.82) is 0 Å². The van der Waals surface area contributed by atoms with Crippen LogP contribution in [0.25, 0.3) is 0 Å². The number of amides is 1. The number of carbonyl (C=O) groups excluding carboxylic acids is 1. The Bertz CT molecular complexity index is 701. The summed E-state index contributed by atoms with van der Waals surface area (Å²) in [6, 6.07) is 6.25. The van der Waals surface area contributed by atoms with Crippen LogP contribution in [0, 0.1) is 18.8 Å². The summed E-state index contributed by atoms with van der Waals surface area (Å²) in [5.41, 5.74) is -2.20. The number of rotatable bonds is 1. The largest absolute Gasteiger partial charge is 0.439 e. The van der Waals surface area contributed by atoms with Gasteiger partial charge in [0.1, 0.15) is 0 Å². The fourth-order valence-corrected chi connectivity index (χ4v) is 3.51. The molecule has 24 heavy (non-hydrogen) atoms. The van der Waals surface area contributed by atoms with Crippen molar-refractivity contribution in [2.75, 3.05) is 0 Å². The third-order valence-electron chi connectivity index (χ3n) is 4.85. The summed E-state index contributed by atoms with van der Waals surface area (Å²) in [6.07, 6.45) is -3.76. The van der Waals surface area contributed by atoms with Gasteiger partial charge >= 0.3 is 6.18 Å². The number of alkyl halides is 3. The lowest BCUT2D eigenvalue weighted by Crippen LogP contribution is -2.61. The van der Waals surface area contributed by atoms with Crippen LogP contribution >= 0.6 is 0 Å². The van der Waals surface area contributed by atoms with Crippen LogP contribution in [0.1, 0.15) is 42.1 Å². The van der Waals surface area contributed by atoms with Crippen LogP contribution in [0.15, 0.2) is 29.4 Å². The first-order valence-electron chi connectivity index (χ1n) is 7.92. The molecule has 0 bridgehead atoms. The molecule has 4 nitrogen and oxygen atoms in total. The average molecular weight is 340 g/mol. The summed E-state index contributed by atoms with van der Waals surface area (Å²) in [4.78, 5) is 12.6. The first-order chi connectivity index (χ1) is 11.1. The molecule has 1 N–H and O–H groups in total. The molecular weight excluding hydrogens is 321 g/mol. The van der Waals surface area contributed by atoms with Gasteiger partial charge in [0.15, 0.2) is 0 Å². The molecule has 0 unspecified atom stereocenters. The molecule has 3 atom stereocenters. The van der Waals surface area contributed by atoms with E-state index in [-0.39, 0.29) is 28.6 Å². The summed E-state index contributed by atoms with van der Waals surface area (Å²) in [5.74, 6) is -2.10. The smallest absolute Gasteiger partial charge is 0.362 e. The van der Waals surface area contributed by atoms with Gasteiger partial charge in [-0.25, -0.2) is 0 Å². The van der Waals surface area contributed by atoms with E-state index in [1.165, 1.54) is 12.1 Å². The molecule has 0 radical (unpaired) electrons. The van der Waals surface area contributed by atoms with Crippen molar-refractivity contribution in [1.82, 2.24) is 5.01 Å². The SMILES string of the molecule is Cc1cccc(C(=O)N2N=C3CC[C@H](C)C[C@@H]3[C@@]2(O)C(F)(F)F)c1. The number of aliphatic hydroxyl groups is 1. The van der Waals surface area contributed by atoms with Gasteiger partial charge in [-0.2, -0.15) is 23.3 Å². The summed E-state index contributed by atoms with van der Waals surface area (Å²) in [7, 11) is 0. The molecular formula is C17H19F3N2O2. The van der Waals surface area contributed by atoms with E-state index in [4.69, 9.17) is 0 Å². The Hall–Kier alpha value is -1.89. The highest BCUT2D eigenvalue weighted by atomic mass is 19.4. The van der Waals surface area contributed by atoms with E-state index < -0.39 is 23.7 Å². The Morgan fingerprint density at radius 1 is 1.42 bits per heavy atom. The van der Waals surface area contributed by atoms with Crippen molar-refractivity contribution < 1.29 is 23.1 Å². The minimum Gasteiger partial charge on any atom is -0.362 e. The van der Waals surface area contributed by atoms with Crippen molar-refractivity contribution in [2.45, 2.75) is 45.0 Å². The summed E-state index contributed by atoms with van der Waals surface area (Å²) >= 11 is 0. The summed E-state index contributed by atoms with van der Waals surface area (Å²) < 4.78 is 41.2. The maximum absolute atomic E-state index is 13.7. The van der Waals surface area contributed by atoms with Gasteiger partial charge in [0.05, 0.1) is 5.92 Å². The number of benzene rings is 1. The van der Waals surface area contributed by atoms with Crippen molar-refractivity contribution >= 4 is 11.6 Å². The molecule has 0 aromatic heterocycles. The second-order valence-electron chi connectivity index (χ2n) is 6.73. The fourth-order valence-electron chi connectivity index (χ4n) is 3.51. The lowest BCUT2D eigenvalue weighted by atomic mass is 9.76. The molecule has 1 aromatic carbocycles. The van der Waals surface area contributed by atoms with E-state index >= 15 is 0 Å². The quantitative estimate of drug-likeness (QED) is 0.851. The molecule has 1 amide bonds. The predicted octanol–water partition coefficient (Wildman–Crippen LogP) is 3.49. The van der Waals surface area contributed by atoms with E-state index in [0.717, 1.165) is 5.56 Å². The minimum atomic E-state index is -4.99. The van der Waals surface area contributed by atoms with Crippen LogP contribution < -0.4 is 0 Å². The highest BCUT2D eigenvalue weighted by molar-refractivity contribution is 5.99. The van der Waals surface area contributed by atoms with E-state index in [9.17, 15) is 23.1 Å². The van der Waals surface area contributed by atoms with Crippen molar-refractivity contribution in [3.8, 4) is 0 Å². The Kier molecular flexibility index (Phi) is 3.94. The molecule has 0 saturated heterocycles. The maximum Gasteiger partial charge on any atom is 0.439 e. The Balaban J connectivity index is 2.05. The Morgan fingerprint density at radius 3 is 2.75 bits per heavy atom. The van der Waals surface area contributed by atoms with E-state index in [0.29, 0.717) is 12.8 Å². The van der Waals surface area contributed by atoms with Crippen LogP contribution in [0.4, 0.5) is 13.2 Å². The third kappa shape index (κ3) is 2.51. The molecule has 1 saturated carbocycles. The van der Waals surface area contributed by atoms with Crippen LogP contribution in [-0.2, 0) is 0 Å². The van der Waals surface area contributed by atoms with Crippen molar-refractivity contribution in [2.24, 2.45) is 16.9 Å². The van der Waals surface area contributed by atoms with Crippen molar-refractivity contribution in [3.63, 3.8) is 0 Å². The molecule has 1 aliphatic heterocycles. The first-order valence-corrected chi connectivity index (χ1v) is 7.92. The molecule has 1 fully saturated rings. The molecule has 1 aromatic rings. The highest BCUT2D eigenvalue weighted by Crippen LogP contribution is 2.49. The number of halogens is 3. The van der Waals surface area contributed by atoms with Gasteiger partial charge < -0.3 is 5.11 Å². The maximum atomic E-state index is 13.7. The molecule has 3 rings (SSSR count). The second kappa shape index (κ2) is 5.58. The lowest BCUT2D eigenvalue weighted by molar-refractivity contribution is -0.313. The molecule has 1 aliphatic carbocycles. The van der Waals surface area contributed by atoms with Gasteiger partial charge in [0.2, 0.25) is 0 Å². The monoisotopic (exact) mass is 340 g/mol. The van der Waals surface area contributed by atoms with E-state index in [1.54, 1.807) is 19.1 Å². The van der Waals surface area contributed by atoms with Gasteiger partial charge in [0.25, 0.3) is 11.6 Å².